The standard InChI is InChI=1S/C10H17N3O2/c1-3-14-7(2)8-12-9(15-13-8)10(11)5-4-6-10/h7H,3-6,11H2,1-2H3. The van der Waals surface area contributed by atoms with Crippen LogP contribution in [-0.2, 0) is 10.3 Å². The minimum absolute atomic E-state index is 0.129. The van der Waals surface area contributed by atoms with E-state index in [9.17, 15) is 0 Å². The molecule has 1 heterocycles. The van der Waals surface area contributed by atoms with Crippen molar-refractivity contribution in [3.05, 3.63) is 11.7 Å². The van der Waals surface area contributed by atoms with Crippen LogP contribution in [0, 0.1) is 0 Å². The summed E-state index contributed by atoms with van der Waals surface area (Å²) in [6.07, 6.45) is 2.86. The van der Waals surface area contributed by atoms with Crippen molar-refractivity contribution in [2.45, 2.75) is 44.8 Å². The summed E-state index contributed by atoms with van der Waals surface area (Å²) in [6.45, 7) is 4.48. The highest BCUT2D eigenvalue weighted by Gasteiger charge is 2.40. The van der Waals surface area contributed by atoms with E-state index in [-0.39, 0.29) is 11.6 Å². The molecule has 5 nitrogen and oxygen atoms in total. The zero-order valence-electron chi connectivity index (χ0n) is 9.19. The quantitative estimate of drug-likeness (QED) is 0.817. The van der Waals surface area contributed by atoms with Crippen molar-refractivity contribution < 1.29 is 9.26 Å². The van der Waals surface area contributed by atoms with E-state index in [2.05, 4.69) is 10.1 Å². The summed E-state index contributed by atoms with van der Waals surface area (Å²) >= 11 is 0. The van der Waals surface area contributed by atoms with E-state index in [4.69, 9.17) is 15.0 Å². The van der Waals surface area contributed by atoms with Gasteiger partial charge < -0.3 is 15.0 Å². The molecule has 0 spiro atoms. The first-order chi connectivity index (χ1) is 7.15. The van der Waals surface area contributed by atoms with Gasteiger partial charge in [0.15, 0.2) is 5.82 Å². The third-order valence-corrected chi connectivity index (χ3v) is 2.89. The van der Waals surface area contributed by atoms with E-state index >= 15 is 0 Å². The van der Waals surface area contributed by atoms with Gasteiger partial charge in [0.1, 0.15) is 6.10 Å². The minimum Gasteiger partial charge on any atom is -0.371 e. The van der Waals surface area contributed by atoms with Crippen molar-refractivity contribution in [2.75, 3.05) is 6.61 Å². The van der Waals surface area contributed by atoms with Crippen LogP contribution in [0.15, 0.2) is 4.52 Å². The highest BCUT2D eigenvalue weighted by atomic mass is 16.5. The number of hydrogen-bond donors (Lipinski definition) is 1. The van der Waals surface area contributed by atoms with Gasteiger partial charge in [0.25, 0.3) is 0 Å². The van der Waals surface area contributed by atoms with Crippen LogP contribution in [0.5, 0.6) is 0 Å². The Morgan fingerprint density at radius 1 is 1.60 bits per heavy atom. The number of ether oxygens (including phenoxy) is 1. The van der Waals surface area contributed by atoms with E-state index in [0.717, 1.165) is 19.3 Å². The first-order valence-electron chi connectivity index (χ1n) is 5.40. The SMILES string of the molecule is CCOC(C)c1noc(C2(N)CCC2)n1. The number of rotatable bonds is 4. The van der Waals surface area contributed by atoms with Crippen molar-refractivity contribution in [3.63, 3.8) is 0 Å². The molecule has 0 aliphatic heterocycles. The fourth-order valence-electron chi connectivity index (χ4n) is 1.70. The molecule has 1 saturated carbocycles. The zero-order valence-corrected chi connectivity index (χ0v) is 9.19. The summed E-state index contributed by atoms with van der Waals surface area (Å²) in [5, 5.41) is 3.89. The summed E-state index contributed by atoms with van der Waals surface area (Å²) in [5.41, 5.74) is 5.70. The number of nitrogens with zero attached hydrogens (tertiary/aromatic N) is 2. The highest BCUT2D eigenvalue weighted by Crippen LogP contribution is 2.37. The zero-order chi connectivity index (χ0) is 10.9. The summed E-state index contributed by atoms with van der Waals surface area (Å²) in [7, 11) is 0. The van der Waals surface area contributed by atoms with Crippen LogP contribution in [0.2, 0.25) is 0 Å². The second-order valence-corrected chi connectivity index (χ2v) is 4.06. The van der Waals surface area contributed by atoms with Crippen LogP contribution in [0.3, 0.4) is 0 Å². The van der Waals surface area contributed by atoms with Gasteiger partial charge in [0.05, 0.1) is 5.54 Å². The average Bonchev–Trinajstić information content (AvgIpc) is 2.63. The molecule has 1 atom stereocenters. The van der Waals surface area contributed by atoms with Crippen LogP contribution in [0.25, 0.3) is 0 Å². The molecule has 0 saturated heterocycles. The normalized spacial score (nSPS) is 21.0. The Labute approximate surface area is 89.0 Å². The second kappa shape index (κ2) is 3.90. The fourth-order valence-corrected chi connectivity index (χ4v) is 1.70. The molecule has 0 aromatic carbocycles. The molecular weight excluding hydrogens is 194 g/mol. The fraction of sp³-hybridized carbons (Fsp3) is 0.800. The van der Waals surface area contributed by atoms with Gasteiger partial charge >= 0.3 is 0 Å². The number of hydrogen-bond acceptors (Lipinski definition) is 5. The second-order valence-electron chi connectivity index (χ2n) is 4.06. The predicted octanol–water partition coefficient (Wildman–Crippen LogP) is 1.51. The van der Waals surface area contributed by atoms with E-state index in [1.807, 2.05) is 13.8 Å². The molecule has 15 heavy (non-hydrogen) atoms. The molecule has 1 aliphatic carbocycles. The maximum Gasteiger partial charge on any atom is 0.246 e. The Morgan fingerprint density at radius 2 is 2.33 bits per heavy atom. The molecule has 1 aromatic rings. The molecule has 0 bridgehead atoms. The summed E-state index contributed by atoms with van der Waals surface area (Å²) < 4.78 is 10.6. The van der Waals surface area contributed by atoms with Gasteiger partial charge in [-0.25, -0.2) is 0 Å². The Kier molecular flexibility index (Phi) is 2.75. The Balaban J connectivity index is 2.09. The molecule has 1 fully saturated rings. The van der Waals surface area contributed by atoms with Crippen LogP contribution in [0.1, 0.15) is 50.9 Å². The van der Waals surface area contributed by atoms with Crippen molar-refractivity contribution in [1.82, 2.24) is 10.1 Å². The lowest BCUT2D eigenvalue weighted by molar-refractivity contribution is 0.0683. The van der Waals surface area contributed by atoms with E-state index in [1.54, 1.807) is 0 Å². The minimum atomic E-state index is -0.378. The van der Waals surface area contributed by atoms with Crippen LogP contribution in [0.4, 0.5) is 0 Å². The lowest BCUT2D eigenvalue weighted by Gasteiger charge is -2.33. The van der Waals surface area contributed by atoms with E-state index in [0.29, 0.717) is 18.3 Å². The Bertz CT molecular complexity index is 333. The van der Waals surface area contributed by atoms with Crippen molar-refractivity contribution in [2.24, 2.45) is 5.73 Å². The Morgan fingerprint density at radius 3 is 2.87 bits per heavy atom. The first kappa shape index (κ1) is 10.6. The van der Waals surface area contributed by atoms with Crippen LogP contribution in [-0.4, -0.2) is 16.7 Å². The van der Waals surface area contributed by atoms with Gasteiger partial charge in [-0.3, -0.25) is 0 Å². The van der Waals surface area contributed by atoms with Gasteiger partial charge in [-0.2, -0.15) is 4.98 Å². The molecule has 1 unspecified atom stereocenters. The molecule has 1 aliphatic rings. The maximum absolute atomic E-state index is 6.07. The predicted molar refractivity (Wildman–Crippen MR) is 54.1 cm³/mol. The lowest BCUT2D eigenvalue weighted by atomic mass is 9.78. The third kappa shape index (κ3) is 1.89. The largest absolute Gasteiger partial charge is 0.371 e. The lowest BCUT2D eigenvalue weighted by Crippen LogP contribution is -2.43. The summed E-state index contributed by atoms with van der Waals surface area (Å²) in [5.74, 6) is 1.14. The van der Waals surface area contributed by atoms with Gasteiger partial charge in [-0.05, 0) is 33.1 Å². The van der Waals surface area contributed by atoms with Crippen molar-refractivity contribution in [3.8, 4) is 0 Å². The first-order valence-corrected chi connectivity index (χ1v) is 5.40. The van der Waals surface area contributed by atoms with Crippen molar-refractivity contribution >= 4 is 0 Å². The number of nitrogens with two attached hydrogens (primary N) is 1. The summed E-state index contributed by atoms with van der Waals surface area (Å²) in [4.78, 5) is 4.29. The van der Waals surface area contributed by atoms with Gasteiger partial charge in [-0.15, -0.1) is 0 Å². The molecule has 2 rings (SSSR count). The molecule has 84 valence electrons. The molecular formula is C10H17N3O2. The topological polar surface area (TPSA) is 74.2 Å². The highest BCUT2D eigenvalue weighted by molar-refractivity contribution is 5.07. The van der Waals surface area contributed by atoms with E-state index < -0.39 is 0 Å². The Hall–Kier alpha value is -0.940. The molecule has 2 N–H and O–H groups in total. The number of aromatic nitrogens is 2. The van der Waals surface area contributed by atoms with Crippen LogP contribution < -0.4 is 5.73 Å². The van der Waals surface area contributed by atoms with Gasteiger partial charge in [0, 0.05) is 6.61 Å². The smallest absolute Gasteiger partial charge is 0.246 e. The average molecular weight is 211 g/mol. The monoisotopic (exact) mass is 211 g/mol. The molecule has 0 amide bonds. The van der Waals surface area contributed by atoms with Crippen molar-refractivity contribution in [1.29, 1.82) is 0 Å². The third-order valence-electron chi connectivity index (χ3n) is 2.89. The molecule has 5 heteroatoms. The van der Waals surface area contributed by atoms with Gasteiger partial charge in [-0.1, -0.05) is 5.16 Å². The maximum atomic E-state index is 6.07. The summed E-state index contributed by atoms with van der Waals surface area (Å²) in [6, 6.07) is 0. The van der Waals surface area contributed by atoms with Crippen LogP contribution >= 0.6 is 0 Å². The van der Waals surface area contributed by atoms with Gasteiger partial charge in [0.2, 0.25) is 5.89 Å². The molecule has 0 radical (unpaired) electrons. The molecule has 1 aromatic heterocycles. The van der Waals surface area contributed by atoms with E-state index in [1.165, 1.54) is 0 Å².